The van der Waals surface area contributed by atoms with E-state index in [1.54, 1.807) is 18.6 Å². The Morgan fingerprint density at radius 2 is 2.05 bits per heavy atom. The van der Waals surface area contributed by atoms with Gasteiger partial charge < -0.3 is 9.64 Å². The summed E-state index contributed by atoms with van der Waals surface area (Å²) in [5.41, 5.74) is 1.81. The van der Waals surface area contributed by atoms with Crippen LogP contribution in [0.5, 0.6) is 11.6 Å². The molecule has 1 fully saturated rings. The second-order valence-corrected chi connectivity index (χ2v) is 5.54. The van der Waals surface area contributed by atoms with E-state index in [4.69, 9.17) is 4.74 Å². The second kappa shape index (κ2) is 6.18. The fourth-order valence-electron chi connectivity index (χ4n) is 2.77. The molecule has 3 heterocycles. The van der Waals surface area contributed by atoms with Crippen LogP contribution in [0.15, 0.2) is 30.7 Å². The molecule has 0 bridgehead atoms. The average Bonchev–Trinajstić information content (AvgIpc) is 2.50. The summed E-state index contributed by atoms with van der Waals surface area (Å²) in [6.07, 6.45) is 7.49. The van der Waals surface area contributed by atoms with Crippen LogP contribution in [-0.2, 0) is 0 Å². The molecule has 21 heavy (non-hydrogen) atoms. The number of hydrogen-bond donors (Lipinski definition) is 0. The lowest BCUT2D eigenvalue weighted by Crippen LogP contribution is -2.31. The molecule has 3 rings (SSSR count). The largest absolute Gasteiger partial charge is 0.435 e. The zero-order valence-corrected chi connectivity index (χ0v) is 12.5. The summed E-state index contributed by atoms with van der Waals surface area (Å²) in [7, 11) is 2.15. The molecular weight excluding hydrogens is 264 g/mol. The first-order chi connectivity index (χ1) is 10.2. The minimum Gasteiger partial charge on any atom is -0.435 e. The maximum absolute atomic E-state index is 5.97. The number of likely N-dealkylation sites (tertiary alicyclic amines) is 1. The summed E-state index contributed by atoms with van der Waals surface area (Å²) < 4.78 is 5.97. The molecule has 1 saturated heterocycles. The van der Waals surface area contributed by atoms with E-state index < -0.39 is 0 Å². The predicted octanol–water partition coefficient (Wildman–Crippen LogP) is 2.78. The number of aryl methyl sites for hydroxylation is 1. The summed E-state index contributed by atoms with van der Waals surface area (Å²) in [6, 6.07) is 3.78. The Morgan fingerprint density at radius 1 is 1.19 bits per heavy atom. The Bertz CT molecular complexity index is 617. The van der Waals surface area contributed by atoms with Gasteiger partial charge in [-0.25, -0.2) is 4.98 Å². The quantitative estimate of drug-likeness (QED) is 0.867. The van der Waals surface area contributed by atoms with Gasteiger partial charge in [0.2, 0.25) is 5.88 Å². The van der Waals surface area contributed by atoms with Crippen molar-refractivity contribution in [3.63, 3.8) is 0 Å². The first-order valence-corrected chi connectivity index (χ1v) is 7.33. The van der Waals surface area contributed by atoms with Gasteiger partial charge >= 0.3 is 0 Å². The molecule has 2 aromatic rings. The Morgan fingerprint density at radius 3 is 2.86 bits per heavy atom. The molecule has 1 unspecified atom stereocenters. The monoisotopic (exact) mass is 284 g/mol. The van der Waals surface area contributed by atoms with E-state index in [-0.39, 0.29) is 0 Å². The van der Waals surface area contributed by atoms with Gasteiger partial charge in [-0.3, -0.25) is 9.97 Å². The summed E-state index contributed by atoms with van der Waals surface area (Å²) in [5.74, 6) is 1.72. The molecule has 0 aliphatic carbocycles. The highest BCUT2D eigenvalue weighted by molar-refractivity contribution is 5.33. The van der Waals surface area contributed by atoms with Gasteiger partial charge in [-0.2, -0.15) is 0 Å². The molecule has 2 aromatic heterocycles. The van der Waals surface area contributed by atoms with E-state index in [9.17, 15) is 0 Å². The molecule has 1 aliphatic heterocycles. The normalized spacial score (nSPS) is 19.4. The van der Waals surface area contributed by atoms with Crippen LogP contribution in [0, 0.1) is 6.92 Å². The van der Waals surface area contributed by atoms with E-state index in [2.05, 4.69) is 26.9 Å². The van der Waals surface area contributed by atoms with E-state index >= 15 is 0 Å². The van der Waals surface area contributed by atoms with Crippen molar-refractivity contribution >= 4 is 0 Å². The molecule has 110 valence electrons. The van der Waals surface area contributed by atoms with Gasteiger partial charge in [0.25, 0.3) is 0 Å². The van der Waals surface area contributed by atoms with Gasteiger partial charge in [0.1, 0.15) is 5.69 Å². The fraction of sp³-hybridized carbons (Fsp3) is 0.438. The minimum absolute atomic E-state index is 0.379. The zero-order chi connectivity index (χ0) is 14.7. The predicted molar refractivity (Wildman–Crippen MR) is 80.6 cm³/mol. The summed E-state index contributed by atoms with van der Waals surface area (Å²) in [6.45, 7) is 4.08. The number of ether oxygens (including phenoxy) is 1. The van der Waals surface area contributed by atoms with Gasteiger partial charge in [0.15, 0.2) is 5.75 Å². The summed E-state index contributed by atoms with van der Waals surface area (Å²) in [5, 5.41) is 0. The molecule has 0 aromatic carbocycles. The van der Waals surface area contributed by atoms with Crippen LogP contribution in [0.25, 0.3) is 0 Å². The van der Waals surface area contributed by atoms with Crippen molar-refractivity contribution in [1.29, 1.82) is 0 Å². The fourth-order valence-corrected chi connectivity index (χ4v) is 2.77. The van der Waals surface area contributed by atoms with Crippen molar-refractivity contribution in [2.75, 3.05) is 20.1 Å². The molecule has 0 N–H and O–H groups in total. The third-order valence-corrected chi connectivity index (χ3v) is 3.87. The van der Waals surface area contributed by atoms with Gasteiger partial charge in [-0.1, -0.05) is 0 Å². The van der Waals surface area contributed by atoms with Crippen LogP contribution >= 0.6 is 0 Å². The molecule has 5 heteroatoms. The molecule has 5 nitrogen and oxygen atoms in total. The van der Waals surface area contributed by atoms with Crippen molar-refractivity contribution in [3.8, 4) is 11.6 Å². The number of pyridine rings is 1. The highest BCUT2D eigenvalue weighted by Gasteiger charge is 2.24. The first-order valence-electron chi connectivity index (χ1n) is 7.33. The third-order valence-electron chi connectivity index (χ3n) is 3.87. The van der Waals surface area contributed by atoms with Gasteiger partial charge in [0, 0.05) is 31.1 Å². The van der Waals surface area contributed by atoms with Crippen molar-refractivity contribution in [2.45, 2.75) is 25.7 Å². The van der Waals surface area contributed by atoms with Crippen molar-refractivity contribution in [1.82, 2.24) is 19.9 Å². The third kappa shape index (κ3) is 3.19. The summed E-state index contributed by atoms with van der Waals surface area (Å²) >= 11 is 0. The number of likely N-dealkylation sites (N-methyl/N-ethyl adjacent to an activating group) is 1. The number of piperidine rings is 1. The lowest BCUT2D eigenvalue weighted by Gasteiger charge is -2.29. The molecule has 1 atom stereocenters. The van der Waals surface area contributed by atoms with E-state index in [1.165, 1.54) is 6.42 Å². The molecule has 0 spiro atoms. The highest BCUT2D eigenvalue weighted by Crippen LogP contribution is 2.32. The smallest absolute Gasteiger partial charge is 0.241 e. The Labute approximate surface area is 125 Å². The first kappa shape index (κ1) is 13.9. The molecule has 0 amide bonds. The van der Waals surface area contributed by atoms with E-state index in [0.717, 1.165) is 36.6 Å². The van der Waals surface area contributed by atoms with Crippen molar-refractivity contribution in [2.24, 2.45) is 0 Å². The van der Waals surface area contributed by atoms with E-state index in [1.807, 2.05) is 19.1 Å². The van der Waals surface area contributed by atoms with Crippen molar-refractivity contribution < 1.29 is 4.74 Å². The van der Waals surface area contributed by atoms with Crippen LogP contribution in [0.1, 0.15) is 30.1 Å². The van der Waals surface area contributed by atoms with E-state index in [0.29, 0.717) is 11.8 Å². The molecule has 1 aliphatic rings. The average molecular weight is 284 g/mol. The Balaban J connectivity index is 1.87. The maximum Gasteiger partial charge on any atom is 0.241 e. The van der Waals surface area contributed by atoms with Gasteiger partial charge in [-0.05, 0) is 45.5 Å². The number of hydrogen-bond acceptors (Lipinski definition) is 5. The van der Waals surface area contributed by atoms with Crippen LogP contribution < -0.4 is 4.74 Å². The lowest BCUT2D eigenvalue weighted by atomic mass is 9.95. The summed E-state index contributed by atoms with van der Waals surface area (Å²) in [4.78, 5) is 15.5. The Kier molecular flexibility index (Phi) is 4.10. The minimum atomic E-state index is 0.379. The number of rotatable bonds is 3. The zero-order valence-electron chi connectivity index (χ0n) is 12.5. The maximum atomic E-state index is 5.97. The Hall–Kier alpha value is -2.01. The molecule has 0 saturated carbocycles. The van der Waals surface area contributed by atoms with Crippen molar-refractivity contribution in [3.05, 3.63) is 42.1 Å². The molecular formula is C16H20N4O. The SMILES string of the molecule is Cc1ncccc1Oc1nccnc1C1CCCN(C)C1. The molecule has 0 radical (unpaired) electrons. The highest BCUT2D eigenvalue weighted by atomic mass is 16.5. The standard InChI is InChI=1S/C16H20N4O/c1-12-14(6-3-7-17-12)21-16-15(18-8-9-19-16)13-5-4-10-20(2)11-13/h3,6-9,13H,4-5,10-11H2,1-2H3. The second-order valence-electron chi connectivity index (χ2n) is 5.54. The lowest BCUT2D eigenvalue weighted by molar-refractivity contribution is 0.245. The van der Waals surface area contributed by atoms with Crippen LogP contribution in [-0.4, -0.2) is 40.0 Å². The van der Waals surface area contributed by atoms with Crippen LogP contribution in [0.4, 0.5) is 0 Å². The number of aromatic nitrogens is 3. The van der Waals surface area contributed by atoms with Crippen LogP contribution in [0.2, 0.25) is 0 Å². The van der Waals surface area contributed by atoms with Gasteiger partial charge in [-0.15, -0.1) is 0 Å². The van der Waals surface area contributed by atoms with Crippen LogP contribution in [0.3, 0.4) is 0 Å². The topological polar surface area (TPSA) is 51.1 Å². The number of nitrogens with zero attached hydrogens (tertiary/aromatic N) is 4. The van der Waals surface area contributed by atoms with Gasteiger partial charge in [0.05, 0.1) is 5.69 Å².